The summed E-state index contributed by atoms with van der Waals surface area (Å²) in [5.41, 5.74) is 3.23. The number of hydrogen-bond donors (Lipinski definition) is 1. The van der Waals surface area contributed by atoms with E-state index in [0.717, 1.165) is 37.3 Å². The molecule has 1 aliphatic rings. The summed E-state index contributed by atoms with van der Waals surface area (Å²) in [6, 6.07) is 3.82. The van der Waals surface area contributed by atoms with E-state index in [9.17, 15) is 0 Å². The Morgan fingerprint density at radius 1 is 1.33 bits per heavy atom. The van der Waals surface area contributed by atoms with Crippen LogP contribution in [0.25, 0.3) is 5.65 Å². The second-order valence-corrected chi connectivity index (χ2v) is 4.75. The van der Waals surface area contributed by atoms with Crippen molar-refractivity contribution in [1.82, 2.24) is 19.9 Å². The number of aryl methyl sites for hydroxylation is 1. The molecule has 5 heteroatoms. The Balaban J connectivity index is 2.10. The number of methoxy groups -OCH3 is 1. The molecule has 96 valence electrons. The van der Waals surface area contributed by atoms with Crippen molar-refractivity contribution in [2.75, 3.05) is 20.2 Å². The van der Waals surface area contributed by atoms with E-state index in [1.165, 1.54) is 5.69 Å². The van der Waals surface area contributed by atoms with E-state index in [1.807, 2.05) is 16.6 Å². The first-order chi connectivity index (χ1) is 8.79. The molecule has 18 heavy (non-hydrogen) atoms. The molecule has 3 rings (SSSR count). The van der Waals surface area contributed by atoms with Gasteiger partial charge in [-0.15, -0.1) is 5.10 Å². The Labute approximate surface area is 106 Å². The highest BCUT2D eigenvalue weighted by Gasteiger charge is 2.22. The summed E-state index contributed by atoms with van der Waals surface area (Å²) in [5.74, 6) is 1.18. The molecule has 0 aliphatic carbocycles. The third-order valence-electron chi connectivity index (χ3n) is 3.61. The summed E-state index contributed by atoms with van der Waals surface area (Å²) >= 11 is 0. The summed E-state index contributed by atoms with van der Waals surface area (Å²) in [6.07, 6.45) is 2.29. The fourth-order valence-electron chi connectivity index (χ4n) is 2.72. The molecule has 1 aliphatic heterocycles. The van der Waals surface area contributed by atoms with Gasteiger partial charge in [-0.3, -0.25) is 0 Å². The Kier molecular flexibility index (Phi) is 2.91. The lowest BCUT2D eigenvalue weighted by Gasteiger charge is -2.22. The number of hydrogen-bond acceptors (Lipinski definition) is 4. The number of piperidine rings is 1. The van der Waals surface area contributed by atoms with Gasteiger partial charge in [0.25, 0.3) is 0 Å². The maximum atomic E-state index is 5.20. The minimum absolute atomic E-state index is 0.542. The lowest BCUT2D eigenvalue weighted by molar-refractivity contribution is 0.386. The van der Waals surface area contributed by atoms with E-state index in [1.54, 1.807) is 7.11 Å². The molecule has 0 radical (unpaired) electrons. The third-order valence-corrected chi connectivity index (χ3v) is 3.61. The van der Waals surface area contributed by atoms with Crippen molar-refractivity contribution in [3.63, 3.8) is 0 Å². The van der Waals surface area contributed by atoms with Crippen LogP contribution in [0, 0.1) is 6.92 Å². The lowest BCUT2D eigenvalue weighted by atomic mass is 9.93. The van der Waals surface area contributed by atoms with Crippen LogP contribution in [0.1, 0.15) is 30.1 Å². The van der Waals surface area contributed by atoms with Crippen molar-refractivity contribution in [2.24, 2.45) is 0 Å². The summed E-state index contributed by atoms with van der Waals surface area (Å²) in [7, 11) is 1.64. The summed E-state index contributed by atoms with van der Waals surface area (Å²) < 4.78 is 7.15. The summed E-state index contributed by atoms with van der Waals surface area (Å²) in [4.78, 5) is 4.59. The van der Waals surface area contributed by atoms with Crippen LogP contribution in [0.5, 0.6) is 5.88 Å². The zero-order valence-corrected chi connectivity index (χ0v) is 10.8. The molecule has 0 spiro atoms. The molecule has 2 aromatic heterocycles. The molecule has 1 fully saturated rings. The van der Waals surface area contributed by atoms with Gasteiger partial charge in [-0.2, -0.15) is 0 Å². The Hall–Kier alpha value is -1.62. The zero-order valence-electron chi connectivity index (χ0n) is 10.8. The average Bonchev–Trinajstić information content (AvgIpc) is 2.74. The van der Waals surface area contributed by atoms with Gasteiger partial charge in [0.15, 0.2) is 5.65 Å². The highest BCUT2D eigenvalue weighted by molar-refractivity contribution is 5.43. The number of nitrogens with zero attached hydrogens (tertiary/aromatic N) is 3. The van der Waals surface area contributed by atoms with Gasteiger partial charge in [0, 0.05) is 12.0 Å². The van der Waals surface area contributed by atoms with Crippen molar-refractivity contribution in [3.8, 4) is 5.88 Å². The predicted molar refractivity (Wildman–Crippen MR) is 69.1 cm³/mol. The predicted octanol–water partition coefficient (Wildman–Crippen LogP) is 1.51. The van der Waals surface area contributed by atoms with Crippen molar-refractivity contribution < 1.29 is 4.74 Å². The fraction of sp³-hybridized carbons (Fsp3) is 0.538. The molecule has 5 nitrogen and oxygen atoms in total. The van der Waals surface area contributed by atoms with Crippen molar-refractivity contribution in [3.05, 3.63) is 23.5 Å². The summed E-state index contributed by atoms with van der Waals surface area (Å²) in [5, 5.41) is 7.89. The van der Waals surface area contributed by atoms with Gasteiger partial charge in [-0.25, -0.2) is 9.50 Å². The van der Waals surface area contributed by atoms with Crippen LogP contribution >= 0.6 is 0 Å². The SMILES string of the molecule is COc1ccc2nc(C)c(C3CCNCC3)n2n1. The molecular formula is C13H18N4O. The first-order valence-electron chi connectivity index (χ1n) is 6.40. The van der Waals surface area contributed by atoms with Gasteiger partial charge in [0.1, 0.15) is 0 Å². The van der Waals surface area contributed by atoms with E-state index in [0.29, 0.717) is 11.8 Å². The molecule has 2 aromatic rings. The van der Waals surface area contributed by atoms with Crippen LogP contribution in [0.4, 0.5) is 0 Å². The van der Waals surface area contributed by atoms with Gasteiger partial charge in [-0.1, -0.05) is 0 Å². The van der Waals surface area contributed by atoms with Gasteiger partial charge < -0.3 is 10.1 Å². The second kappa shape index (κ2) is 4.57. The Morgan fingerprint density at radius 2 is 2.11 bits per heavy atom. The second-order valence-electron chi connectivity index (χ2n) is 4.75. The topological polar surface area (TPSA) is 51.5 Å². The molecule has 0 saturated carbocycles. The minimum Gasteiger partial charge on any atom is -0.480 e. The van der Waals surface area contributed by atoms with Crippen molar-refractivity contribution in [1.29, 1.82) is 0 Å². The summed E-state index contributed by atoms with van der Waals surface area (Å²) in [6.45, 7) is 4.21. The number of aromatic nitrogens is 3. The lowest BCUT2D eigenvalue weighted by Crippen LogP contribution is -2.27. The van der Waals surface area contributed by atoms with Crippen molar-refractivity contribution >= 4 is 5.65 Å². The number of nitrogens with one attached hydrogen (secondary N) is 1. The Morgan fingerprint density at radius 3 is 2.83 bits per heavy atom. The maximum absolute atomic E-state index is 5.20. The fourth-order valence-corrected chi connectivity index (χ4v) is 2.72. The average molecular weight is 246 g/mol. The van der Waals surface area contributed by atoms with Crippen LogP contribution in [-0.4, -0.2) is 34.8 Å². The van der Waals surface area contributed by atoms with E-state index >= 15 is 0 Å². The highest BCUT2D eigenvalue weighted by atomic mass is 16.5. The molecule has 1 saturated heterocycles. The highest BCUT2D eigenvalue weighted by Crippen LogP contribution is 2.28. The molecule has 0 bridgehead atoms. The minimum atomic E-state index is 0.542. The number of ether oxygens (including phenoxy) is 1. The monoisotopic (exact) mass is 246 g/mol. The quantitative estimate of drug-likeness (QED) is 0.872. The molecule has 3 heterocycles. The van der Waals surface area contributed by atoms with Crippen LogP contribution < -0.4 is 10.1 Å². The van der Waals surface area contributed by atoms with Gasteiger partial charge in [0.05, 0.1) is 18.5 Å². The number of fused-ring (bicyclic) bond motifs is 1. The largest absolute Gasteiger partial charge is 0.480 e. The van der Waals surface area contributed by atoms with Crippen molar-refractivity contribution in [2.45, 2.75) is 25.7 Å². The maximum Gasteiger partial charge on any atom is 0.231 e. The zero-order chi connectivity index (χ0) is 12.5. The normalized spacial score (nSPS) is 17.2. The van der Waals surface area contributed by atoms with E-state index < -0.39 is 0 Å². The molecule has 0 amide bonds. The van der Waals surface area contributed by atoms with Gasteiger partial charge >= 0.3 is 0 Å². The standard InChI is InChI=1S/C13H18N4O/c1-9-13(10-5-7-14-8-6-10)17-11(15-9)3-4-12(16-17)18-2/h3-4,10,14H,5-8H2,1-2H3. The number of rotatable bonds is 2. The van der Waals surface area contributed by atoms with Crippen LogP contribution in [0.15, 0.2) is 12.1 Å². The molecule has 0 unspecified atom stereocenters. The van der Waals surface area contributed by atoms with E-state index in [4.69, 9.17) is 4.74 Å². The third kappa shape index (κ3) is 1.84. The van der Waals surface area contributed by atoms with E-state index in [2.05, 4.69) is 22.3 Å². The van der Waals surface area contributed by atoms with Gasteiger partial charge in [-0.05, 0) is 38.9 Å². The van der Waals surface area contributed by atoms with E-state index in [-0.39, 0.29) is 0 Å². The molecular weight excluding hydrogens is 228 g/mol. The first kappa shape index (κ1) is 11.5. The van der Waals surface area contributed by atoms with Crippen LogP contribution in [0.2, 0.25) is 0 Å². The van der Waals surface area contributed by atoms with Gasteiger partial charge in [0.2, 0.25) is 5.88 Å². The van der Waals surface area contributed by atoms with Crippen LogP contribution in [0.3, 0.4) is 0 Å². The molecule has 0 aromatic carbocycles. The first-order valence-corrected chi connectivity index (χ1v) is 6.40. The number of imidazole rings is 1. The van der Waals surface area contributed by atoms with Crippen LogP contribution in [-0.2, 0) is 0 Å². The molecule has 1 N–H and O–H groups in total. The smallest absolute Gasteiger partial charge is 0.231 e. The molecule has 0 atom stereocenters. The Bertz CT molecular complexity index is 557.